The molecule has 0 aliphatic heterocycles. The van der Waals surface area contributed by atoms with Gasteiger partial charge < -0.3 is 10.1 Å². The molecule has 0 bridgehead atoms. The second-order valence-corrected chi connectivity index (χ2v) is 3.43. The van der Waals surface area contributed by atoms with Crippen LogP contribution in [0.25, 0.3) is 0 Å². The number of nitrogens with one attached hydrogen (secondary N) is 1. The molecule has 6 heteroatoms. The molecule has 0 saturated carbocycles. The summed E-state index contributed by atoms with van der Waals surface area (Å²) in [6.07, 6.45) is -3.31. The lowest BCUT2D eigenvalue weighted by Gasteiger charge is -2.11. The van der Waals surface area contributed by atoms with Gasteiger partial charge in [-0.1, -0.05) is 0 Å². The van der Waals surface area contributed by atoms with Gasteiger partial charge in [0, 0.05) is 19.2 Å². The molecule has 1 rings (SSSR count). The molecule has 0 spiro atoms. The molecule has 0 aliphatic rings. The van der Waals surface area contributed by atoms with Crippen LogP contribution in [0.5, 0.6) is 5.75 Å². The van der Waals surface area contributed by atoms with Crippen molar-refractivity contribution in [1.82, 2.24) is 4.98 Å². The van der Waals surface area contributed by atoms with Crippen molar-refractivity contribution >= 4 is 5.82 Å². The first-order chi connectivity index (χ1) is 8.03. The van der Waals surface area contributed by atoms with Gasteiger partial charge in [-0.25, -0.2) is 4.98 Å². The summed E-state index contributed by atoms with van der Waals surface area (Å²) in [6, 6.07) is 3.44. The Morgan fingerprint density at radius 3 is 2.82 bits per heavy atom. The normalized spacial score (nSPS) is 11.3. The van der Waals surface area contributed by atoms with Gasteiger partial charge in [0.2, 0.25) is 0 Å². The molecule has 17 heavy (non-hydrogen) atoms. The number of anilines is 1. The van der Waals surface area contributed by atoms with E-state index in [4.69, 9.17) is 4.74 Å². The van der Waals surface area contributed by atoms with E-state index < -0.39 is 12.6 Å². The van der Waals surface area contributed by atoms with Crippen LogP contribution in [0.4, 0.5) is 19.0 Å². The molecule has 1 aromatic rings. The van der Waals surface area contributed by atoms with E-state index in [9.17, 15) is 13.2 Å². The summed E-state index contributed by atoms with van der Waals surface area (Å²) in [5, 5.41) is 2.83. The summed E-state index contributed by atoms with van der Waals surface area (Å²) in [7, 11) is 0. The van der Waals surface area contributed by atoms with Gasteiger partial charge >= 0.3 is 6.18 Å². The van der Waals surface area contributed by atoms with Crippen molar-refractivity contribution in [3.8, 4) is 5.75 Å². The van der Waals surface area contributed by atoms with E-state index in [0.29, 0.717) is 18.2 Å². The van der Waals surface area contributed by atoms with E-state index in [1.165, 1.54) is 0 Å². The molecule has 3 nitrogen and oxygen atoms in total. The monoisotopic (exact) mass is 248 g/mol. The standard InChI is InChI=1S/C11H15F3N2O/c1-2-17-9-5-3-7-15-10(9)16-8-4-6-11(12,13)14/h3,5,7H,2,4,6,8H2,1H3,(H,15,16). The Balaban J connectivity index is 2.41. The van der Waals surface area contributed by atoms with Crippen molar-refractivity contribution < 1.29 is 17.9 Å². The van der Waals surface area contributed by atoms with Gasteiger partial charge in [-0.05, 0) is 25.5 Å². The average molecular weight is 248 g/mol. The van der Waals surface area contributed by atoms with Crippen LogP contribution in [0.1, 0.15) is 19.8 Å². The molecule has 0 fully saturated rings. The number of rotatable bonds is 6. The Kier molecular flexibility index (Phi) is 5.06. The third-order valence-corrected chi connectivity index (χ3v) is 2.00. The maximum absolute atomic E-state index is 11.9. The Bertz CT molecular complexity index is 342. The van der Waals surface area contributed by atoms with Crippen LogP contribution in [0.3, 0.4) is 0 Å². The number of hydrogen-bond donors (Lipinski definition) is 1. The van der Waals surface area contributed by atoms with Crippen LogP contribution >= 0.6 is 0 Å². The Morgan fingerprint density at radius 1 is 1.41 bits per heavy atom. The number of hydrogen-bond acceptors (Lipinski definition) is 3. The van der Waals surface area contributed by atoms with E-state index >= 15 is 0 Å². The summed E-state index contributed by atoms with van der Waals surface area (Å²) in [4.78, 5) is 4.01. The van der Waals surface area contributed by atoms with Gasteiger partial charge in [0.05, 0.1) is 6.61 Å². The topological polar surface area (TPSA) is 34.1 Å². The third-order valence-electron chi connectivity index (χ3n) is 2.00. The predicted molar refractivity (Wildman–Crippen MR) is 59.2 cm³/mol. The second kappa shape index (κ2) is 6.32. The molecular weight excluding hydrogens is 233 g/mol. The summed E-state index contributed by atoms with van der Waals surface area (Å²) in [6.45, 7) is 2.54. The minimum absolute atomic E-state index is 0.0195. The summed E-state index contributed by atoms with van der Waals surface area (Å²) < 4.78 is 41.0. The van der Waals surface area contributed by atoms with Gasteiger partial charge in [-0.2, -0.15) is 13.2 Å². The van der Waals surface area contributed by atoms with Crippen LogP contribution in [0.15, 0.2) is 18.3 Å². The van der Waals surface area contributed by atoms with Gasteiger partial charge in [0.15, 0.2) is 11.6 Å². The van der Waals surface area contributed by atoms with Crippen LogP contribution in [0, 0.1) is 0 Å². The molecule has 0 radical (unpaired) electrons. The number of pyridine rings is 1. The van der Waals surface area contributed by atoms with Crippen molar-refractivity contribution in [2.24, 2.45) is 0 Å². The predicted octanol–water partition coefficient (Wildman–Crippen LogP) is 3.23. The van der Waals surface area contributed by atoms with Crippen molar-refractivity contribution in [1.29, 1.82) is 0 Å². The summed E-state index contributed by atoms with van der Waals surface area (Å²) >= 11 is 0. The highest BCUT2D eigenvalue weighted by molar-refractivity contribution is 5.49. The van der Waals surface area contributed by atoms with E-state index in [-0.39, 0.29) is 13.0 Å². The molecule has 0 unspecified atom stereocenters. The zero-order chi connectivity index (χ0) is 12.7. The SMILES string of the molecule is CCOc1cccnc1NCCCC(F)(F)F. The van der Waals surface area contributed by atoms with E-state index in [2.05, 4.69) is 10.3 Å². The molecule has 0 amide bonds. The quantitative estimate of drug-likeness (QED) is 0.785. The maximum Gasteiger partial charge on any atom is 0.389 e. The van der Waals surface area contributed by atoms with Crippen LogP contribution in [0.2, 0.25) is 0 Å². The highest BCUT2D eigenvalue weighted by atomic mass is 19.4. The molecular formula is C11H15F3N2O. The van der Waals surface area contributed by atoms with E-state index in [1.807, 2.05) is 6.92 Å². The van der Waals surface area contributed by atoms with Crippen molar-refractivity contribution in [2.45, 2.75) is 25.9 Å². The third kappa shape index (κ3) is 5.42. The lowest BCUT2D eigenvalue weighted by Crippen LogP contribution is -2.12. The van der Waals surface area contributed by atoms with Crippen molar-refractivity contribution in [3.63, 3.8) is 0 Å². The first kappa shape index (κ1) is 13.6. The molecule has 0 atom stereocenters. The first-order valence-electron chi connectivity index (χ1n) is 5.41. The number of alkyl halides is 3. The number of halogens is 3. The van der Waals surface area contributed by atoms with Gasteiger partial charge in [0.25, 0.3) is 0 Å². The van der Waals surface area contributed by atoms with E-state index in [1.54, 1.807) is 18.3 Å². The first-order valence-corrected chi connectivity index (χ1v) is 5.41. The van der Waals surface area contributed by atoms with Gasteiger partial charge in [0.1, 0.15) is 0 Å². The van der Waals surface area contributed by atoms with Gasteiger partial charge in [-0.15, -0.1) is 0 Å². The minimum Gasteiger partial charge on any atom is -0.490 e. The Labute approximate surface area is 98.0 Å². The van der Waals surface area contributed by atoms with Gasteiger partial charge in [-0.3, -0.25) is 0 Å². The zero-order valence-electron chi connectivity index (χ0n) is 9.55. The fraction of sp³-hybridized carbons (Fsp3) is 0.545. The van der Waals surface area contributed by atoms with Crippen LogP contribution in [-0.2, 0) is 0 Å². The zero-order valence-corrected chi connectivity index (χ0v) is 9.55. The fourth-order valence-corrected chi connectivity index (χ4v) is 1.29. The Hall–Kier alpha value is -1.46. The molecule has 0 aromatic carbocycles. The van der Waals surface area contributed by atoms with Crippen molar-refractivity contribution in [3.05, 3.63) is 18.3 Å². The summed E-state index contributed by atoms with van der Waals surface area (Å²) in [5.74, 6) is 1.04. The smallest absolute Gasteiger partial charge is 0.389 e. The lowest BCUT2D eigenvalue weighted by atomic mass is 10.3. The highest BCUT2D eigenvalue weighted by Crippen LogP contribution is 2.23. The highest BCUT2D eigenvalue weighted by Gasteiger charge is 2.25. The molecule has 0 aliphatic carbocycles. The largest absolute Gasteiger partial charge is 0.490 e. The minimum atomic E-state index is -4.10. The molecule has 96 valence electrons. The maximum atomic E-state index is 11.9. The Morgan fingerprint density at radius 2 is 2.18 bits per heavy atom. The molecule has 0 saturated heterocycles. The number of nitrogens with zero attached hydrogens (tertiary/aromatic N) is 1. The lowest BCUT2D eigenvalue weighted by molar-refractivity contribution is -0.134. The van der Waals surface area contributed by atoms with Crippen molar-refractivity contribution in [2.75, 3.05) is 18.5 Å². The molecule has 1 heterocycles. The number of aromatic nitrogens is 1. The average Bonchev–Trinajstić information content (AvgIpc) is 2.25. The second-order valence-electron chi connectivity index (χ2n) is 3.43. The van der Waals surface area contributed by atoms with E-state index in [0.717, 1.165) is 0 Å². The summed E-state index contributed by atoms with van der Waals surface area (Å²) in [5.41, 5.74) is 0. The molecule has 1 aromatic heterocycles. The number of ether oxygens (including phenoxy) is 1. The van der Waals surface area contributed by atoms with Crippen LogP contribution < -0.4 is 10.1 Å². The molecule has 1 N–H and O–H groups in total. The fourth-order valence-electron chi connectivity index (χ4n) is 1.29. The van der Waals surface area contributed by atoms with Crippen LogP contribution in [-0.4, -0.2) is 24.3 Å².